The van der Waals surface area contributed by atoms with E-state index in [0.29, 0.717) is 11.1 Å². The summed E-state index contributed by atoms with van der Waals surface area (Å²) in [5.41, 5.74) is 0.270. The molecule has 3 rings (SSSR count). The van der Waals surface area contributed by atoms with Crippen LogP contribution in [0.25, 0.3) is 0 Å². The lowest BCUT2D eigenvalue weighted by Gasteiger charge is -2.09. The van der Waals surface area contributed by atoms with E-state index in [1.807, 2.05) is 11.6 Å². The molecule has 0 spiro atoms. The van der Waals surface area contributed by atoms with E-state index in [1.54, 1.807) is 0 Å². The first-order valence-corrected chi connectivity index (χ1v) is 10.8. The van der Waals surface area contributed by atoms with Crippen LogP contribution in [0.15, 0.2) is 28.3 Å². The van der Waals surface area contributed by atoms with Crippen LogP contribution in [0.5, 0.6) is 0 Å². The zero-order valence-electron chi connectivity index (χ0n) is 13.7. The Kier molecular flexibility index (Phi) is 5.08. The maximum absolute atomic E-state index is 12.2. The van der Waals surface area contributed by atoms with Crippen molar-refractivity contribution < 1.29 is 13.2 Å². The first kappa shape index (κ1) is 18.2. The lowest BCUT2D eigenvalue weighted by Crippen LogP contribution is -2.15. The summed E-state index contributed by atoms with van der Waals surface area (Å²) < 4.78 is 25.1. The van der Waals surface area contributed by atoms with Crippen molar-refractivity contribution in [2.45, 2.75) is 28.8 Å². The maximum atomic E-state index is 12.2. The second-order valence-electron chi connectivity index (χ2n) is 5.92. The Morgan fingerprint density at radius 2 is 2.12 bits per heavy atom. The number of benzene rings is 1. The molecule has 1 N–H and O–H groups in total. The van der Waals surface area contributed by atoms with E-state index in [1.165, 1.54) is 30.0 Å². The molecule has 134 valence electrons. The highest BCUT2D eigenvalue weighted by Gasteiger charge is 2.29. The summed E-state index contributed by atoms with van der Waals surface area (Å²) in [6.07, 6.45) is 3.36. The molecule has 0 atom stereocenters. The SMILES string of the molecule is Cn1c(SCC(=O)Nc2cc(S(C)(=O)=O)ccc2Cl)nnc1C1CC1. The molecular formula is C15H17ClN4O3S2. The van der Waals surface area contributed by atoms with Crippen molar-refractivity contribution in [3.63, 3.8) is 0 Å². The third-order valence-electron chi connectivity index (χ3n) is 3.78. The molecule has 10 heteroatoms. The summed E-state index contributed by atoms with van der Waals surface area (Å²) in [7, 11) is -1.49. The number of rotatable bonds is 6. The predicted molar refractivity (Wildman–Crippen MR) is 96.9 cm³/mol. The predicted octanol–water partition coefficient (Wildman–Crippen LogP) is 2.48. The molecule has 1 fully saturated rings. The minimum Gasteiger partial charge on any atom is -0.324 e. The van der Waals surface area contributed by atoms with Crippen LogP contribution in [0, 0.1) is 0 Å². The number of amides is 1. The van der Waals surface area contributed by atoms with Crippen molar-refractivity contribution in [1.82, 2.24) is 14.8 Å². The number of halogens is 1. The standard InChI is InChI=1S/C15H17ClN4O3S2/c1-20-14(9-3-4-9)18-19-15(20)24-8-13(21)17-12-7-10(25(2,22)23)5-6-11(12)16/h5-7,9H,3-4,8H2,1-2H3,(H,17,21). The van der Waals surface area contributed by atoms with Gasteiger partial charge in [-0.2, -0.15) is 0 Å². The molecular weight excluding hydrogens is 384 g/mol. The first-order chi connectivity index (χ1) is 11.8. The largest absolute Gasteiger partial charge is 0.324 e. The molecule has 1 amide bonds. The average molecular weight is 401 g/mol. The van der Waals surface area contributed by atoms with Gasteiger partial charge < -0.3 is 9.88 Å². The van der Waals surface area contributed by atoms with Gasteiger partial charge >= 0.3 is 0 Å². The minimum atomic E-state index is -3.38. The van der Waals surface area contributed by atoms with Crippen LogP contribution in [0.4, 0.5) is 5.69 Å². The molecule has 1 heterocycles. The van der Waals surface area contributed by atoms with Gasteiger partial charge in [0.15, 0.2) is 15.0 Å². The number of nitrogens with one attached hydrogen (secondary N) is 1. The van der Waals surface area contributed by atoms with Gasteiger partial charge in [-0.15, -0.1) is 10.2 Å². The third-order valence-corrected chi connectivity index (χ3v) is 6.24. The van der Waals surface area contributed by atoms with E-state index >= 15 is 0 Å². The Balaban J connectivity index is 1.65. The van der Waals surface area contributed by atoms with Crippen LogP contribution in [0.2, 0.25) is 5.02 Å². The average Bonchev–Trinajstić information content (AvgIpc) is 3.30. The molecule has 1 aliphatic carbocycles. The van der Waals surface area contributed by atoms with Crippen molar-refractivity contribution in [3.8, 4) is 0 Å². The van der Waals surface area contributed by atoms with Gasteiger partial charge in [0.1, 0.15) is 5.82 Å². The van der Waals surface area contributed by atoms with E-state index < -0.39 is 9.84 Å². The highest BCUT2D eigenvalue weighted by molar-refractivity contribution is 7.99. The minimum absolute atomic E-state index is 0.0993. The van der Waals surface area contributed by atoms with Crippen molar-refractivity contribution in [2.24, 2.45) is 7.05 Å². The van der Waals surface area contributed by atoms with Gasteiger partial charge in [-0.05, 0) is 31.0 Å². The van der Waals surface area contributed by atoms with Gasteiger partial charge in [-0.1, -0.05) is 23.4 Å². The second-order valence-corrected chi connectivity index (χ2v) is 9.29. The Bertz CT molecular complexity index is 923. The molecule has 0 aliphatic heterocycles. The molecule has 0 unspecified atom stereocenters. The number of anilines is 1. The van der Waals surface area contributed by atoms with Gasteiger partial charge in [-0.25, -0.2) is 8.42 Å². The summed E-state index contributed by atoms with van der Waals surface area (Å²) in [6.45, 7) is 0. The number of thioether (sulfide) groups is 1. The third kappa shape index (κ3) is 4.34. The zero-order valence-corrected chi connectivity index (χ0v) is 16.1. The van der Waals surface area contributed by atoms with E-state index in [4.69, 9.17) is 11.6 Å². The molecule has 1 aliphatic rings. The lowest BCUT2D eigenvalue weighted by atomic mass is 10.3. The van der Waals surface area contributed by atoms with E-state index in [-0.39, 0.29) is 27.3 Å². The number of hydrogen-bond acceptors (Lipinski definition) is 6. The number of aromatic nitrogens is 3. The number of nitrogens with zero attached hydrogens (tertiary/aromatic N) is 3. The molecule has 25 heavy (non-hydrogen) atoms. The highest BCUT2D eigenvalue weighted by atomic mass is 35.5. The highest BCUT2D eigenvalue weighted by Crippen LogP contribution is 2.39. The fourth-order valence-corrected chi connectivity index (χ4v) is 3.83. The van der Waals surface area contributed by atoms with Gasteiger partial charge in [0, 0.05) is 19.2 Å². The van der Waals surface area contributed by atoms with Crippen LogP contribution in [0.1, 0.15) is 24.6 Å². The zero-order chi connectivity index (χ0) is 18.2. The number of hydrogen-bond donors (Lipinski definition) is 1. The topological polar surface area (TPSA) is 94.0 Å². The van der Waals surface area contributed by atoms with Crippen LogP contribution in [-0.4, -0.2) is 41.1 Å². The van der Waals surface area contributed by atoms with Crippen LogP contribution in [-0.2, 0) is 21.7 Å². The van der Waals surface area contributed by atoms with E-state index in [0.717, 1.165) is 24.9 Å². The Hall–Kier alpha value is -1.58. The molecule has 1 aromatic carbocycles. The summed E-state index contributed by atoms with van der Waals surface area (Å²) in [5, 5.41) is 11.9. The van der Waals surface area contributed by atoms with E-state index in [2.05, 4.69) is 15.5 Å². The van der Waals surface area contributed by atoms with Gasteiger partial charge in [0.05, 0.1) is 21.4 Å². The fraction of sp³-hybridized carbons (Fsp3) is 0.400. The smallest absolute Gasteiger partial charge is 0.234 e. The van der Waals surface area contributed by atoms with Crippen molar-refractivity contribution in [2.75, 3.05) is 17.3 Å². The summed E-state index contributed by atoms with van der Waals surface area (Å²) in [6, 6.07) is 4.21. The van der Waals surface area contributed by atoms with Crippen molar-refractivity contribution in [3.05, 3.63) is 29.0 Å². The van der Waals surface area contributed by atoms with Gasteiger partial charge in [0.25, 0.3) is 0 Å². The van der Waals surface area contributed by atoms with Gasteiger partial charge in [0.2, 0.25) is 5.91 Å². The monoisotopic (exact) mass is 400 g/mol. The Morgan fingerprint density at radius 1 is 1.40 bits per heavy atom. The van der Waals surface area contributed by atoms with Crippen LogP contribution in [0.3, 0.4) is 0 Å². The Labute approximate surface area is 155 Å². The normalized spacial score (nSPS) is 14.5. The number of sulfone groups is 1. The summed E-state index contributed by atoms with van der Waals surface area (Å²) in [4.78, 5) is 12.3. The molecule has 0 saturated heterocycles. The molecule has 1 saturated carbocycles. The van der Waals surface area contributed by atoms with Gasteiger partial charge in [-0.3, -0.25) is 4.79 Å². The quantitative estimate of drug-likeness (QED) is 0.748. The summed E-state index contributed by atoms with van der Waals surface area (Å²) in [5.74, 6) is 1.26. The molecule has 1 aromatic heterocycles. The first-order valence-electron chi connectivity index (χ1n) is 7.57. The van der Waals surface area contributed by atoms with E-state index in [9.17, 15) is 13.2 Å². The molecule has 7 nitrogen and oxygen atoms in total. The van der Waals surface area contributed by atoms with Crippen molar-refractivity contribution >= 4 is 44.8 Å². The van der Waals surface area contributed by atoms with Crippen LogP contribution >= 0.6 is 23.4 Å². The molecule has 0 bridgehead atoms. The fourth-order valence-electron chi connectivity index (χ4n) is 2.30. The molecule has 0 radical (unpaired) electrons. The second kappa shape index (κ2) is 6.97. The number of carbonyl (C=O) groups excluding carboxylic acids is 1. The van der Waals surface area contributed by atoms with Crippen LogP contribution < -0.4 is 5.32 Å². The number of carbonyl (C=O) groups is 1. The molecule has 2 aromatic rings. The van der Waals surface area contributed by atoms with Crippen molar-refractivity contribution in [1.29, 1.82) is 0 Å². The maximum Gasteiger partial charge on any atom is 0.234 e. The Morgan fingerprint density at radius 3 is 2.76 bits per heavy atom. The summed E-state index contributed by atoms with van der Waals surface area (Å²) >= 11 is 7.31. The lowest BCUT2D eigenvalue weighted by molar-refractivity contribution is -0.113.